The van der Waals surface area contributed by atoms with E-state index in [1.54, 1.807) is 0 Å². The van der Waals surface area contributed by atoms with Crippen LogP contribution in [0.1, 0.15) is 58.3 Å². The van der Waals surface area contributed by atoms with Crippen LogP contribution >= 0.6 is 0 Å². The van der Waals surface area contributed by atoms with Crippen molar-refractivity contribution < 1.29 is 15.0 Å². The zero-order valence-electron chi connectivity index (χ0n) is 10.2. The summed E-state index contributed by atoms with van der Waals surface area (Å²) < 4.78 is 0. The second-order valence-electron chi connectivity index (χ2n) is 5.32. The number of aliphatic hydroxyl groups excluding tert-OH is 1. The van der Waals surface area contributed by atoms with Gasteiger partial charge in [-0.05, 0) is 31.6 Å². The van der Waals surface area contributed by atoms with E-state index in [4.69, 9.17) is 5.11 Å². The van der Waals surface area contributed by atoms with E-state index in [9.17, 15) is 9.90 Å². The fourth-order valence-corrected chi connectivity index (χ4v) is 2.94. The predicted molar refractivity (Wildman–Crippen MR) is 63.3 cm³/mol. The number of carboxylic acid groups (broad SMARTS) is 1. The molecule has 0 saturated heterocycles. The predicted octanol–water partition coefficient (Wildman–Crippen LogP) is 2.82. The first kappa shape index (κ1) is 13.5. The van der Waals surface area contributed by atoms with Crippen molar-refractivity contribution in [3.05, 3.63) is 0 Å². The Morgan fingerprint density at radius 3 is 2.69 bits per heavy atom. The Morgan fingerprint density at radius 1 is 1.38 bits per heavy atom. The fraction of sp³-hybridized carbons (Fsp3) is 0.923. The smallest absolute Gasteiger partial charge is 0.309 e. The Hall–Kier alpha value is -0.570. The highest BCUT2D eigenvalue weighted by Crippen LogP contribution is 2.43. The molecule has 0 aliphatic heterocycles. The first-order valence-corrected chi connectivity index (χ1v) is 6.45. The van der Waals surface area contributed by atoms with Gasteiger partial charge in [0.1, 0.15) is 0 Å². The van der Waals surface area contributed by atoms with Gasteiger partial charge in [-0.1, -0.05) is 32.6 Å². The molecule has 0 aromatic heterocycles. The molecule has 3 heteroatoms. The van der Waals surface area contributed by atoms with E-state index in [1.807, 2.05) is 0 Å². The first-order valence-electron chi connectivity index (χ1n) is 6.45. The Morgan fingerprint density at radius 2 is 2.12 bits per heavy atom. The lowest BCUT2D eigenvalue weighted by atomic mass is 9.67. The van der Waals surface area contributed by atoms with Crippen molar-refractivity contribution in [3.63, 3.8) is 0 Å². The molecule has 1 aliphatic rings. The lowest BCUT2D eigenvalue weighted by Crippen LogP contribution is -2.35. The molecule has 0 amide bonds. The first-order chi connectivity index (χ1) is 7.60. The Bertz CT molecular complexity index is 227. The van der Waals surface area contributed by atoms with Crippen LogP contribution in [-0.2, 0) is 4.79 Å². The summed E-state index contributed by atoms with van der Waals surface area (Å²) in [5.41, 5.74) is -0.465. The molecule has 0 radical (unpaired) electrons. The average Bonchev–Trinajstić information content (AvgIpc) is 2.24. The largest absolute Gasteiger partial charge is 0.481 e. The van der Waals surface area contributed by atoms with Gasteiger partial charge >= 0.3 is 5.97 Å². The van der Waals surface area contributed by atoms with Gasteiger partial charge in [0.15, 0.2) is 0 Å². The van der Waals surface area contributed by atoms with Crippen molar-refractivity contribution >= 4 is 5.97 Å². The summed E-state index contributed by atoms with van der Waals surface area (Å²) in [7, 11) is 0. The van der Waals surface area contributed by atoms with Gasteiger partial charge in [-0.15, -0.1) is 0 Å². The number of hydrogen-bond donors (Lipinski definition) is 2. The molecule has 2 N–H and O–H groups in total. The lowest BCUT2D eigenvalue weighted by molar-refractivity contribution is -0.152. The van der Waals surface area contributed by atoms with E-state index in [0.717, 1.165) is 44.9 Å². The van der Waals surface area contributed by atoms with E-state index in [0.29, 0.717) is 5.92 Å². The zero-order chi connectivity index (χ0) is 12.0. The number of aliphatic carboxylic acids is 1. The summed E-state index contributed by atoms with van der Waals surface area (Å²) in [6, 6.07) is 0. The molecule has 0 aromatic carbocycles. The third-order valence-electron chi connectivity index (χ3n) is 3.86. The van der Waals surface area contributed by atoms with E-state index < -0.39 is 11.4 Å². The van der Waals surface area contributed by atoms with Crippen LogP contribution in [0.3, 0.4) is 0 Å². The summed E-state index contributed by atoms with van der Waals surface area (Å²) in [6.45, 7) is 2.38. The van der Waals surface area contributed by atoms with Gasteiger partial charge in [0.05, 0.1) is 5.41 Å². The zero-order valence-corrected chi connectivity index (χ0v) is 10.2. The molecule has 0 aromatic rings. The van der Waals surface area contributed by atoms with E-state index in [1.165, 1.54) is 6.42 Å². The monoisotopic (exact) mass is 228 g/mol. The van der Waals surface area contributed by atoms with E-state index in [-0.39, 0.29) is 6.61 Å². The molecular weight excluding hydrogens is 204 g/mol. The van der Waals surface area contributed by atoms with Crippen LogP contribution in [-0.4, -0.2) is 22.8 Å². The van der Waals surface area contributed by atoms with Gasteiger partial charge in [-0.2, -0.15) is 0 Å². The summed E-state index contributed by atoms with van der Waals surface area (Å²) in [5, 5.41) is 18.1. The molecule has 0 bridgehead atoms. The van der Waals surface area contributed by atoms with Crippen molar-refractivity contribution in [2.45, 2.75) is 58.3 Å². The molecule has 3 nitrogen and oxygen atoms in total. The molecule has 2 unspecified atom stereocenters. The van der Waals surface area contributed by atoms with Gasteiger partial charge in [-0.25, -0.2) is 0 Å². The maximum absolute atomic E-state index is 11.4. The highest BCUT2D eigenvalue weighted by atomic mass is 16.4. The van der Waals surface area contributed by atoms with E-state index >= 15 is 0 Å². The topological polar surface area (TPSA) is 57.5 Å². The van der Waals surface area contributed by atoms with Crippen LogP contribution in [0.5, 0.6) is 0 Å². The van der Waals surface area contributed by atoms with Gasteiger partial charge in [0.2, 0.25) is 0 Å². The van der Waals surface area contributed by atoms with Crippen LogP contribution in [0.2, 0.25) is 0 Å². The lowest BCUT2D eigenvalue weighted by Gasteiger charge is -2.36. The van der Waals surface area contributed by atoms with Gasteiger partial charge in [0.25, 0.3) is 0 Å². The molecular formula is C13H24O3. The molecule has 0 spiro atoms. The maximum Gasteiger partial charge on any atom is 0.309 e. The van der Waals surface area contributed by atoms with Crippen molar-refractivity contribution in [1.82, 2.24) is 0 Å². The Balaban J connectivity index is 2.48. The Kier molecular flexibility index (Phi) is 5.26. The molecule has 0 heterocycles. The summed E-state index contributed by atoms with van der Waals surface area (Å²) >= 11 is 0. The quantitative estimate of drug-likeness (QED) is 0.687. The molecule has 1 saturated carbocycles. The molecule has 1 rings (SSSR count). The van der Waals surface area contributed by atoms with Gasteiger partial charge in [0, 0.05) is 6.61 Å². The number of hydrogen-bond acceptors (Lipinski definition) is 2. The van der Waals surface area contributed by atoms with Crippen LogP contribution in [0.4, 0.5) is 0 Å². The minimum absolute atomic E-state index is 0.219. The van der Waals surface area contributed by atoms with Crippen LogP contribution in [0.15, 0.2) is 0 Å². The standard InChI is InChI=1S/C13H24O3/c1-11-6-5-8-13(10-11,12(15)16)7-3-2-4-9-14/h11,14H,2-10H2,1H3,(H,15,16). The average molecular weight is 228 g/mol. The third-order valence-corrected chi connectivity index (χ3v) is 3.86. The number of carboxylic acids is 1. The number of aliphatic hydroxyl groups is 1. The van der Waals surface area contributed by atoms with Gasteiger partial charge in [-0.3, -0.25) is 4.79 Å². The van der Waals surface area contributed by atoms with E-state index in [2.05, 4.69) is 6.92 Å². The number of unbranched alkanes of at least 4 members (excludes halogenated alkanes) is 2. The molecule has 1 fully saturated rings. The van der Waals surface area contributed by atoms with Crippen molar-refractivity contribution in [2.24, 2.45) is 11.3 Å². The normalized spacial score (nSPS) is 30.2. The highest BCUT2D eigenvalue weighted by molar-refractivity contribution is 5.74. The Labute approximate surface area is 97.9 Å². The van der Waals surface area contributed by atoms with Crippen molar-refractivity contribution in [1.29, 1.82) is 0 Å². The number of rotatable bonds is 6. The van der Waals surface area contributed by atoms with Crippen LogP contribution in [0, 0.1) is 11.3 Å². The van der Waals surface area contributed by atoms with Crippen molar-refractivity contribution in [3.8, 4) is 0 Å². The minimum atomic E-state index is -0.608. The molecule has 2 atom stereocenters. The van der Waals surface area contributed by atoms with Crippen molar-refractivity contribution in [2.75, 3.05) is 6.61 Å². The highest BCUT2D eigenvalue weighted by Gasteiger charge is 2.40. The van der Waals surface area contributed by atoms with Crippen LogP contribution in [0.25, 0.3) is 0 Å². The second kappa shape index (κ2) is 6.24. The maximum atomic E-state index is 11.4. The third kappa shape index (κ3) is 3.48. The molecule has 94 valence electrons. The summed E-state index contributed by atoms with van der Waals surface area (Å²) in [6.07, 6.45) is 7.35. The summed E-state index contributed by atoms with van der Waals surface area (Å²) in [5.74, 6) is -0.0641. The van der Waals surface area contributed by atoms with Gasteiger partial charge < -0.3 is 10.2 Å². The molecule has 1 aliphatic carbocycles. The SMILES string of the molecule is CC1CCCC(CCCCCO)(C(=O)O)C1. The second-order valence-corrected chi connectivity index (χ2v) is 5.32. The minimum Gasteiger partial charge on any atom is -0.481 e. The van der Waals surface area contributed by atoms with Crippen LogP contribution < -0.4 is 0 Å². The number of carbonyl (C=O) groups is 1. The summed E-state index contributed by atoms with van der Waals surface area (Å²) in [4.78, 5) is 11.4. The fourth-order valence-electron chi connectivity index (χ4n) is 2.94. The molecule has 16 heavy (non-hydrogen) atoms.